The molecule has 0 saturated carbocycles. The summed E-state index contributed by atoms with van der Waals surface area (Å²) < 4.78 is 11.3. The molecule has 0 unspecified atom stereocenters. The Balaban J connectivity index is 1.75. The van der Waals surface area contributed by atoms with Crippen molar-refractivity contribution in [2.75, 3.05) is 26.8 Å². The highest BCUT2D eigenvalue weighted by Crippen LogP contribution is 2.20. The van der Waals surface area contributed by atoms with Crippen molar-refractivity contribution in [1.29, 1.82) is 0 Å². The average Bonchev–Trinajstić information content (AvgIpc) is 2.57. The fourth-order valence-corrected chi connectivity index (χ4v) is 3.26. The van der Waals surface area contributed by atoms with Crippen molar-refractivity contribution in [2.45, 2.75) is 38.8 Å². The van der Waals surface area contributed by atoms with Gasteiger partial charge in [-0.1, -0.05) is 0 Å². The smallest absolute Gasteiger partial charge is 0.252 e. The molecule has 2 aromatic rings. The molecule has 0 amide bonds. The first-order valence-electron chi connectivity index (χ1n) is 8.74. The minimum Gasteiger partial charge on any atom is -0.494 e. The van der Waals surface area contributed by atoms with Gasteiger partial charge < -0.3 is 14.5 Å². The van der Waals surface area contributed by atoms with Crippen molar-refractivity contribution in [2.24, 2.45) is 0 Å². The Kier molecular flexibility index (Phi) is 5.53. The topological polar surface area (TPSA) is 54.6 Å². The molecule has 1 N–H and O–H groups in total. The summed E-state index contributed by atoms with van der Waals surface area (Å²) in [6.45, 7) is 4.92. The number of nitrogens with one attached hydrogen (secondary N) is 1. The van der Waals surface area contributed by atoms with Crippen molar-refractivity contribution < 1.29 is 9.47 Å². The normalized spacial score (nSPS) is 18.2. The van der Waals surface area contributed by atoms with E-state index in [9.17, 15) is 4.79 Å². The van der Waals surface area contributed by atoms with Crippen molar-refractivity contribution in [1.82, 2.24) is 9.88 Å². The lowest BCUT2D eigenvalue weighted by Crippen LogP contribution is -2.34. The molecule has 1 fully saturated rings. The molecule has 1 aliphatic heterocycles. The molecular weight excluding hydrogens is 304 g/mol. The van der Waals surface area contributed by atoms with E-state index in [1.165, 1.54) is 6.42 Å². The first-order valence-corrected chi connectivity index (χ1v) is 8.74. The molecule has 5 nitrogen and oxygen atoms in total. The number of aromatic amines is 1. The van der Waals surface area contributed by atoms with Crippen LogP contribution in [0.25, 0.3) is 10.9 Å². The molecule has 1 atom stereocenters. The highest BCUT2D eigenvalue weighted by atomic mass is 16.5. The van der Waals surface area contributed by atoms with Crippen LogP contribution in [-0.4, -0.2) is 42.8 Å². The Morgan fingerprint density at radius 1 is 1.33 bits per heavy atom. The molecule has 0 bridgehead atoms. The summed E-state index contributed by atoms with van der Waals surface area (Å²) in [6, 6.07) is 7.72. The number of nitrogens with zero attached hydrogens (tertiary/aromatic N) is 1. The van der Waals surface area contributed by atoms with Crippen LogP contribution in [-0.2, 0) is 11.3 Å². The highest BCUT2D eigenvalue weighted by Gasteiger charge is 2.16. The monoisotopic (exact) mass is 330 g/mol. The molecule has 3 rings (SSSR count). The number of hydrogen-bond acceptors (Lipinski definition) is 4. The maximum Gasteiger partial charge on any atom is 0.252 e. The first-order chi connectivity index (χ1) is 11.7. The molecule has 0 spiro atoms. The minimum atomic E-state index is -0.0249. The minimum absolute atomic E-state index is 0.0249. The molecule has 0 aliphatic carbocycles. The standard InChI is InChI=1S/C19H26N2O3/c1-3-23-16-7-8-18-14(11-16)10-15(19(22)20-18)12-21(2)13-17-6-4-5-9-24-17/h7-8,10-11,17H,3-6,9,12-13H2,1-2H3,(H,20,22)/t17-/m0/s1. The summed E-state index contributed by atoms with van der Waals surface area (Å²) in [5.41, 5.74) is 1.59. The van der Waals surface area contributed by atoms with Crippen molar-refractivity contribution in [3.8, 4) is 5.75 Å². The van der Waals surface area contributed by atoms with Gasteiger partial charge in [0, 0.05) is 36.2 Å². The summed E-state index contributed by atoms with van der Waals surface area (Å²) in [6.07, 6.45) is 3.78. The number of ether oxygens (including phenoxy) is 2. The van der Waals surface area contributed by atoms with Crippen LogP contribution in [0.1, 0.15) is 31.7 Å². The lowest BCUT2D eigenvalue weighted by Gasteiger charge is -2.27. The summed E-state index contributed by atoms with van der Waals surface area (Å²) in [4.78, 5) is 17.5. The van der Waals surface area contributed by atoms with Gasteiger partial charge >= 0.3 is 0 Å². The number of rotatable bonds is 6. The molecule has 0 radical (unpaired) electrons. The van der Waals surface area contributed by atoms with E-state index in [2.05, 4.69) is 9.88 Å². The number of likely N-dealkylation sites (N-methyl/N-ethyl adjacent to an activating group) is 1. The maximum atomic E-state index is 12.3. The zero-order valence-corrected chi connectivity index (χ0v) is 14.5. The van der Waals surface area contributed by atoms with Gasteiger partial charge in [-0.05, 0) is 57.5 Å². The van der Waals surface area contributed by atoms with Crippen molar-refractivity contribution >= 4 is 10.9 Å². The summed E-state index contributed by atoms with van der Waals surface area (Å²) in [7, 11) is 2.04. The highest BCUT2D eigenvalue weighted by molar-refractivity contribution is 5.80. The third kappa shape index (κ3) is 4.16. The quantitative estimate of drug-likeness (QED) is 0.885. The van der Waals surface area contributed by atoms with Gasteiger partial charge in [0.1, 0.15) is 5.75 Å². The van der Waals surface area contributed by atoms with Gasteiger partial charge in [-0.15, -0.1) is 0 Å². The fourth-order valence-electron chi connectivity index (χ4n) is 3.26. The van der Waals surface area contributed by atoms with E-state index in [4.69, 9.17) is 9.47 Å². The Morgan fingerprint density at radius 3 is 2.96 bits per heavy atom. The van der Waals surface area contributed by atoms with Crippen LogP contribution in [0.2, 0.25) is 0 Å². The Morgan fingerprint density at radius 2 is 2.21 bits per heavy atom. The van der Waals surface area contributed by atoms with Gasteiger partial charge in [-0.2, -0.15) is 0 Å². The summed E-state index contributed by atoms with van der Waals surface area (Å²) in [5.74, 6) is 0.826. The SMILES string of the molecule is CCOc1ccc2[nH]c(=O)c(CN(C)C[C@@H]3CCCCO3)cc2c1. The van der Waals surface area contributed by atoms with Gasteiger partial charge in [0.2, 0.25) is 0 Å². The van der Waals surface area contributed by atoms with E-state index in [0.717, 1.165) is 48.2 Å². The van der Waals surface area contributed by atoms with Crippen molar-refractivity contribution in [3.63, 3.8) is 0 Å². The molecule has 5 heteroatoms. The van der Waals surface area contributed by atoms with E-state index < -0.39 is 0 Å². The van der Waals surface area contributed by atoms with Gasteiger partial charge in [-0.25, -0.2) is 0 Å². The van der Waals surface area contributed by atoms with E-state index >= 15 is 0 Å². The van der Waals surface area contributed by atoms with Crippen LogP contribution in [0.5, 0.6) is 5.75 Å². The first kappa shape index (κ1) is 17.0. The number of pyridine rings is 1. The molecule has 2 heterocycles. The number of benzene rings is 1. The van der Waals surface area contributed by atoms with Crippen LogP contribution in [0.4, 0.5) is 0 Å². The summed E-state index contributed by atoms with van der Waals surface area (Å²) in [5, 5.41) is 0.998. The lowest BCUT2D eigenvalue weighted by molar-refractivity contribution is -0.00263. The van der Waals surface area contributed by atoms with Gasteiger partial charge in [0.05, 0.1) is 12.7 Å². The van der Waals surface area contributed by atoms with Crippen LogP contribution in [0, 0.1) is 0 Å². The molecule has 1 aromatic carbocycles. The van der Waals surface area contributed by atoms with Gasteiger partial charge in [0.15, 0.2) is 0 Å². The zero-order chi connectivity index (χ0) is 16.9. The van der Waals surface area contributed by atoms with E-state index in [0.29, 0.717) is 13.2 Å². The number of hydrogen-bond donors (Lipinski definition) is 1. The summed E-state index contributed by atoms with van der Waals surface area (Å²) >= 11 is 0. The van der Waals surface area contributed by atoms with E-state index in [1.54, 1.807) is 0 Å². The van der Waals surface area contributed by atoms with E-state index in [-0.39, 0.29) is 11.7 Å². The predicted molar refractivity (Wildman–Crippen MR) is 95.7 cm³/mol. The maximum absolute atomic E-state index is 12.3. The second-order valence-electron chi connectivity index (χ2n) is 6.49. The fraction of sp³-hybridized carbons (Fsp3) is 0.526. The third-order valence-electron chi connectivity index (χ3n) is 4.43. The number of H-pyrrole nitrogens is 1. The molecule has 130 valence electrons. The van der Waals surface area contributed by atoms with Crippen molar-refractivity contribution in [3.05, 3.63) is 40.2 Å². The zero-order valence-electron chi connectivity index (χ0n) is 14.5. The Hall–Kier alpha value is -1.85. The lowest BCUT2D eigenvalue weighted by atomic mass is 10.1. The second kappa shape index (κ2) is 7.81. The second-order valence-corrected chi connectivity index (χ2v) is 6.49. The number of aromatic nitrogens is 1. The molecule has 1 aliphatic rings. The Bertz CT molecular complexity index is 735. The van der Waals surface area contributed by atoms with Crippen LogP contribution >= 0.6 is 0 Å². The van der Waals surface area contributed by atoms with Crippen LogP contribution in [0.15, 0.2) is 29.1 Å². The third-order valence-corrected chi connectivity index (χ3v) is 4.43. The molecular formula is C19H26N2O3. The number of fused-ring (bicyclic) bond motifs is 1. The van der Waals surface area contributed by atoms with Gasteiger partial charge in [0.25, 0.3) is 5.56 Å². The van der Waals surface area contributed by atoms with Crippen LogP contribution in [0.3, 0.4) is 0 Å². The molecule has 1 aromatic heterocycles. The largest absolute Gasteiger partial charge is 0.494 e. The molecule has 1 saturated heterocycles. The van der Waals surface area contributed by atoms with Gasteiger partial charge in [-0.3, -0.25) is 9.69 Å². The van der Waals surface area contributed by atoms with E-state index in [1.807, 2.05) is 38.2 Å². The predicted octanol–water partition coefficient (Wildman–Crippen LogP) is 2.93. The molecule has 24 heavy (non-hydrogen) atoms. The Labute approximate surface area is 142 Å². The van der Waals surface area contributed by atoms with Crippen LogP contribution < -0.4 is 10.3 Å². The average molecular weight is 330 g/mol.